The van der Waals surface area contributed by atoms with E-state index in [4.69, 9.17) is 0 Å². The highest BCUT2D eigenvalue weighted by Gasteiger charge is 2.27. The number of aryl methyl sites for hydroxylation is 1. The Bertz CT molecular complexity index is 734. The minimum atomic E-state index is -0.830. The number of hydrogen-bond donors (Lipinski definition) is 1. The summed E-state index contributed by atoms with van der Waals surface area (Å²) in [6.07, 6.45) is 0. The minimum absolute atomic E-state index is 0.109. The van der Waals surface area contributed by atoms with Gasteiger partial charge in [-0.3, -0.25) is 20.2 Å². The lowest BCUT2D eigenvalue weighted by Crippen LogP contribution is -1.96. The molecule has 10 heteroatoms. The Hall–Kier alpha value is -3.04. The summed E-state index contributed by atoms with van der Waals surface area (Å²) in [5, 5.41) is 33.7. The Kier molecular flexibility index (Phi) is 2.62. The zero-order chi connectivity index (χ0) is 14.3. The molecule has 0 atom stereocenters. The Labute approximate surface area is 104 Å². The number of aromatic nitrogens is 1. The lowest BCUT2D eigenvalue weighted by Gasteiger charge is -1.99. The van der Waals surface area contributed by atoms with E-state index in [1.54, 1.807) is 0 Å². The van der Waals surface area contributed by atoms with Gasteiger partial charge < -0.3 is 9.67 Å². The summed E-state index contributed by atoms with van der Waals surface area (Å²) in [6.45, 7) is 0. The van der Waals surface area contributed by atoms with Crippen molar-refractivity contribution in [1.29, 1.82) is 0 Å². The van der Waals surface area contributed by atoms with Crippen LogP contribution in [-0.4, -0.2) is 19.5 Å². The molecule has 1 aromatic heterocycles. The number of nitrogens with zero attached hydrogens (tertiary/aromatic N) is 4. The predicted molar refractivity (Wildman–Crippen MR) is 63.3 cm³/mol. The predicted octanol–water partition coefficient (Wildman–Crippen LogP) is 2.10. The van der Waals surface area contributed by atoms with Crippen LogP contribution in [0.4, 0.5) is 17.1 Å². The van der Waals surface area contributed by atoms with Crippen molar-refractivity contribution in [2.45, 2.75) is 0 Å². The number of nitroso groups, excluding NO2 is 1. The van der Waals surface area contributed by atoms with E-state index >= 15 is 0 Å². The highest BCUT2D eigenvalue weighted by atomic mass is 16.6. The first-order valence-corrected chi connectivity index (χ1v) is 4.86. The van der Waals surface area contributed by atoms with Crippen LogP contribution in [0.15, 0.2) is 17.3 Å². The first-order valence-electron chi connectivity index (χ1n) is 4.86. The molecule has 0 aliphatic heterocycles. The number of nitro groups is 2. The second-order valence-electron chi connectivity index (χ2n) is 3.70. The fourth-order valence-electron chi connectivity index (χ4n) is 1.86. The standard InChI is InChI=1S/C9H6N4O6/c1-11-8-5(7(10-15)9(11)14)2-4(12(16)17)3-6(8)13(18)19/h2-3,14H,1H3. The van der Waals surface area contributed by atoms with Crippen LogP contribution >= 0.6 is 0 Å². The van der Waals surface area contributed by atoms with Crippen LogP contribution in [0.25, 0.3) is 10.9 Å². The summed E-state index contributed by atoms with van der Waals surface area (Å²) >= 11 is 0. The summed E-state index contributed by atoms with van der Waals surface area (Å²) < 4.78 is 0.980. The largest absolute Gasteiger partial charge is 0.493 e. The summed E-state index contributed by atoms with van der Waals surface area (Å²) in [6, 6.07) is 1.72. The molecule has 1 heterocycles. The molecule has 19 heavy (non-hydrogen) atoms. The average Bonchev–Trinajstić information content (AvgIpc) is 2.60. The van der Waals surface area contributed by atoms with Crippen LogP contribution in [0.3, 0.4) is 0 Å². The van der Waals surface area contributed by atoms with E-state index in [0.29, 0.717) is 0 Å². The highest BCUT2D eigenvalue weighted by Crippen LogP contribution is 2.43. The maximum atomic E-state index is 10.9. The zero-order valence-electron chi connectivity index (χ0n) is 9.43. The Balaban J connectivity index is 3.03. The third kappa shape index (κ3) is 1.66. The lowest BCUT2D eigenvalue weighted by molar-refractivity contribution is -0.393. The van der Waals surface area contributed by atoms with Crippen molar-refractivity contribution in [1.82, 2.24) is 4.57 Å². The molecule has 0 saturated carbocycles. The Morgan fingerprint density at radius 3 is 2.37 bits per heavy atom. The van der Waals surface area contributed by atoms with E-state index in [-0.39, 0.29) is 10.9 Å². The molecule has 0 aliphatic carbocycles. The van der Waals surface area contributed by atoms with Crippen molar-refractivity contribution in [3.05, 3.63) is 37.3 Å². The zero-order valence-corrected chi connectivity index (χ0v) is 9.43. The molecule has 10 nitrogen and oxygen atoms in total. The van der Waals surface area contributed by atoms with Gasteiger partial charge in [0.25, 0.3) is 5.69 Å². The Morgan fingerprint density at radius 2 is 1.89 bits per heavy atom. The van der Waals surface area contributed by atoms with Crippen molar-refractivity contribution < 1.29 is 15.0 Å². The van der Waals surface area contributed by atoms with Gasteiger partial charge in [-0.05, 0) is 5.18 Å². The second kappa shape index (κ2) is 4.01. The molecule has 0 amide bonds. The van der Waals surface area contributed by atoms with Crippen LogP contribution < -0.4 is 0 Å². The van der Waals surface area contributed by atoms with E-state index in [9.17, 15) is 30.2 Å². The van der Waals surface area contributed by atoms with E-state index < -0.39 is 32.8 Å². The summed E-state index contributed by atoms with van der Waals surface area (Å²) in [5.41, 5.74) is -1.72. The SMILES string of the molecule is Cn1c(O)c(N=O)c2cc([N+](=O)[O-])cc([N+](=O)[O-])c21. The number of benzene rings is 1. The Morgan fingerprint density at radius 1 is 1.26 bits per heavy atom. The number of non-ortho nitro benzene ring substituents is 2. The minimum Gasteiger partial charge on any atom is -0.493 e. The number of fused-ring (bicyclic) bond motifs is 1. The molecular formula is C9H6N4O6. The molecule has 0 unspecified atom stereocenters. The second-order valence-corrected chi connectivity index (χ2v) is 3.70. The smallest absolute Gasteiger partial charge is 0.300 e. The van der Waals surface area contributed by atoms with E-state index in [1.807, 2.05) is 0 Å². The lowest BCUT2D eigenvalue weighted by atomic mass is 10.2. The van der Waals surface area contributed by atoms with Crippen molar-refractivity contribution in [2.75, 3.05) is 0 Å². The van der Waals surface area contributed by atoms with Gasteiger partial charge in [0.1, 0.15) is 5.52 Å². The molecule has 1 aromatic carbocycles. The maximum Gasteiger partial charge on any atom is 0.300 e. The molecule has 2 rings (SSSR count). The van der Waals surface area contributed by atoms with Crippen molar-refractivity contribution in [3.8, 4) is 5.88 Å². The molecule has 0 aliphatic rings. The number of nitro benzene ring substituents is 2. The van der Waals surface area contributed by atoms with Crippen LogP contribution in [0.2, 0.25) is 0 Å². The van der Waals surface area contributed by atoms with E-state index in [2.05, 4.69) is 5.18 Å². The fraction of sp³-hybridized carbons (Fsp3) is 0.111. The van der Waals surface area contributed by atoms with Gasteiger partial charge in [-0.25, -0.2) is 0 Å². The van der Waals surface area contributed by atoms with Crippen molar-refractivity contribution >= 4 is 28.0 Å². The van der Waals surface area contributed by atoms with Crippen LogP contribution in [-0.2, 0) is 7.05 Å². The molecule has 0 fully saturated rings. The van der Waals surface area contributed by atoms with Gasteiger partial charge in [0.2, 0.25) is 5.88 Å². The van der Waals surface area contributed by atoms with Gasteiger partial charge in [-0.1, -0.05) is 0 Å². The maximum absolute atomic E-state index is 10.9. The first kappa shape index (κ1) is 12.4. The van der Waals surface area contributed by atoms with Gasteiger partial charge in [0.05, 0.1) is 15.9 Å². The third-order valence-corrected chi connectivity index (χ3v) is 2.69. The van der Waals surface area contributed by atoms with E-state index in [1.165, 1.54) is 7.05 Å². The van der Waals surface area contributed by atoms with E-state index in [0.717, 1.165) is 16.7 Å². The molecular weight excluding hydrogens is 260 g/mol. The molecule has 0 radical (unpaired) electrons. The van der Waals surface area contributed by atoms with Crippen LogP contribution in [0.1, 0.15) is 0 Å². The number of aromatic hydroxyl groups is 1. The van der Waals surface area contributed by atoms with Gasteiger partial charge in [-0.2, -0.15) is 0 Å². The first-order chi connectivity index (χ1) is 8.88. The molecule has 0 saturated heterocycles. The number of rotatable bonds is 3. The molecule has 98 valence electrons. The van der Waals surface area contributed by atoms with Gasteiger partial charge >= 0.3 is 5.69 Å². The van der Waals surface area contributed by atoms with Gasteiger partial charge in [-0.15, -0.1) is 4.91 Å². The van der Waals surface area contributed by atoms with Crippen LogP contribution in [0.5, 0.6) is 5.88 Å². The summed E-state index contributed by atoms with van der Waals surface area (Å²) in [5.74, 6) is -0.589. The van der Waals surface area contributed by atoms with Gasteiger partial charge in [0, 0.05) is 18.5 Å². The third-order valence-electron chi connectivity index (χ3n) is 2.69. The van der Waals surface area contributed by atoms with Crippen molar-refractivity contribution in [3.63, 3.8) is 0 Å². The monoisotopic (exact) mass is 266 g/mol. The van der Waals surface area contributed by atoms with Gasteiger partial charge in [0.15, 0.2) is 5.69 Å². The molecule has 2 aromatic rings. The van der Waals surface area contributed by atoms with Crippen LogP contribution in [0, 0.1) is 25.1 Å². The molecule has 0 spiro atoms. The quantitative estimate of drug-likeness (QED) is 0.512. The van der Waals surface area contributed by atoms with Crippen molar-refractivity contribution in [2.24, 2.45) is 12.2 Å². The number of hydrogen-bond acceptors (Lipinski definition) is 7. The topological polar surface area (TPSA) is 141 Å². The highest BCUT2D eigenvalue weighted by molar-refractivity contribution is 6.01. The molecule has 0 bridgehead atoms. The normalized spacial score (nSPS) is 10.6. The fourth-order valence-corrected chi connectivity index (χ4v) is 1.86. The summed E-state index contributed by atoms with van der Waals surface area (Å²) in [7, 11) is 1.28. The average molecular weight is 266 g/mol. The molecule has 1 N–H and O–H groups in total. The summed E-state index contributed by atoms with van der Waals surface area (Å²) in [4.78, 5) is 30.6.